The molecule has 2 aromatic rings. The summed E-state index contributed by atoms with van der Waals surface area (Å²) in [7, 11) is 1.39. The third-order valence-electron chi connectivity index (χ3n) is 2.00. The summed E-state index contributed by atoms with van der Waals surface area (Å²) in [4.78, 5) is 21.9. The van der Waals surface area contributed by atoms with Crippen molar-refractivity contribution in [2.24, 2.45) is 0 Å². The summed E-state index contributed by atoms with van der Waals surface area (Å²) in [6.07, 6.45) is 1.89. The summed E-state index contributed by atoms with van der Waals surface area (Å²) >= 11 is 0. The lowest BCUT2D eigenvalue weighted by Gasteiger charge is -2.00. The molecule has 0 unspecified atom stereocenters. The van der Waals surface area contributed by atoms with Crippen molar-refractivity contribution in [2.75, 3.05) is 7.11 Å². The molecule has 0 saturated carbocycles. The third kappa shape index (κ3) is 1.67. The summed E-state index contributed by atoms with van der Waals surface area (Å²) in [5, 5.41) is 3.73. The van der Waals surface area contributed by atoms with Crippen LogP contribution < -0.4 is 10.3 Å². The Bertz CT molecular complexity index is 546. The Morgan fingerprint density at radius 1 is 1.56 bits per heavy atom. The van der Waals surface area contributed by atoms with Gasteiger partial charge in [0, 0.05) is 6.42 Å². The molecule has 0 aliphatic carbocycles. The molecule has 84 valence electrons. The van der Waals surface area contributed by atoms with Crippen LogP contribution in [0.3, 0.4) is 0 Å². The molecule has 2 aromatic heterocycles. The predicted octanol–water partition coefficient (Wildman–Crippen LogP) is 0.391. The van der Waals surface area contributed by atoms with E-state index >= 15 is 0 Å². The van der Waals surface area contributed by atoms with E-state index in [2.05, 4.69) is 20.1 Å². The van der Waals surface area contributed by atoms with E-state index in [-0.39, 0.29) is 22.8 Å². The van der Waals surface area contributed by atoms with Crippen molar-refractivity contribution in [3.63, 3.8) is 0 Å². The molecule has 0 spiro atoms. The van der Waals surface area contributed by atoms with Crippen LogP contribution in [0.15, 0.2) is 15.6 Å². The molecule has 2 rings (SSSR count). The zero-order valence-electron chi connectivity index (χ0n) is 8.85. The van der Waals surface area contributed by atoms with Crippen LogP contribution in [0.5, 0.6) is 5.75 Å². The maximum absolute atomic E-state index is 11.4. The minimum Gasteiger partial charge on any atom is -0.489 e. The van der Waals surface area contributed by atoms with Crippen molar-refractivity contribution >= 4 is 0 Å². The largest absolute Gasteiger partial charge is 0.489 e. The maximum atomic E-state index is 11.4. The summed E-state index contributed by atoms with van der Waals surface area (Å²) < 4.78 is 9.88. The van der Waals surface area contributed by atoms with Crippen LogP contribution in [0.25, 0.3) is 11.5 Å². The van der Waals surface area contributed by atoms with Gasteiger partial charge in [0.2, 0.25) is 17.5 Å². The highest BCUT2D eigenvalue weighted by Crippen LogP contribution is 2.20. The van der Waals surface area contributed by atoms with Crippen molar-refractivity contribution in [3.05, 3.63) is 22.6 Å². The second kappa shape index (κ2) is 4.13. The number of hydrogen-bond donors (Lipinski definition) is 1. The van der Waals surface area contributed by atoms with E-state index in [4.69, 9.17) is 9.26 Å². The molecular weight excluding hydrogens is 212 g/mol. The summed E-state index contributed by atoms with van der Waals surface area (Å²) in [6, 6.07) is 0. The Hall–Kier alpha value is -2.18. The molecular formula is C9H10N4O3. The molecule has 16 heavy (non-hydrogen) atoms. The molecule has 0 aliphatic heterocycles. The number of rotatable bonds is 3. The number of methoxy groups -OCH3 is 1. The number of ether oxygens (including phenoxy) is 1. The number of aromatic amines is 1. The highest BCUT2D eigenvalue weighted by molar-refractivity contribution is 5.56. The van der Waals surface area contributed by atoms with E-state index in [0.29, 0.717) is 12.3 Å². The van der Waals surface area contributed by atoms with E-state index < -0.39 is 0 Å². The van der Waals surface area contributed by atoms with E-state index in [0.717, 1.165) is 0 Å². The van der Waals surface area contributed by atoms with Crippen molar-refractivity contribution < 1.29 is 9.26 Å². The number of aromatic nitrogens is 4. The van der Waals surface area contributed by atoms with Gasteiger partial charge in [-0.15, -0.1) is 0 Å². The Balaban J connectivity index is 2.55. The Kier molecular flexibility index (Phi) is 2.67. The molecule has 0 fully saturated rings. The monoisotopic (exact) mass is 222 g/mol. The number of aryl methyl sites for hydroxylation is 1. The molecule has 0 saturated heterocycles. The first kappa shape index (κ1) is 10.3. The lowest BCUT2D eigenvalue weighted by Crippen LogP contribution is -2.11. The number of nitrogens with zero attached hydrogens (tertiary/aromatic N) is 3. The molecule has 2 heterocycles. The average molecular weight is 222 g/mol. The summed E-state index contributed by atoms with van der Waals surface area (Å²) in [5.74, 6) is 0.810. The van der Waals surface area contributed by atoms with Crippen LogP contribution in [0.2, 0.25) is 0 Å². The van der Waals surface area contributed by atoms with Gasteiger partial charge in [-0.1, -0.05) is 12.1 Å². The Labute approximate surface area is 90.5 Å². The SMILES string of the molecule is CCc1nc(-c2nc[nH]c(=O)c2OC)no1. The van der Waals surface area contributed by atoms with Crippen molar-refractivity contribution in [1.82, 2.24) is 20.1 Å². The molecule has 0 aliphatic rings. The van der Waals surface area contributed by atoms with E-state index in [9.17, 15) is 4.79 Å². The molecule has 7 nitrogen and oxygen atoms in total. The van der Waals surface area contributed by atoms with E-state index in [1.54, 1.807) is 0 Å². The van der Waals surface area contributed by atoms with Crippen molar-refractivity contribution in [1.29, 1.82) is 0 Å². The normalized spacial score (nSPS) is 10.4. The molecule has 0 bridgehead atoms. The Morgan fingerprint density at radius 3 is 3.00 bits per heavy atom. The number of nitrogens with one attached hydrogen (secondary N) is 1. The fraction of sp³-hybridized carbons (Fsp3) is 0.333. The molecule has 1 N–H and O–H groups in total. The number of hydrogen-bond acceptors (Lipinski definition) is 6. The average Bonchev–Trinajstić information content (AvgIpc) is 2.77. The fourth-order valence-corrected chi connectivity index (χ4v) is 1.23. The van der Waals surface area contributed by atoms with E-state index in [1.807, 2.05) is 6.92 Å². The lowest BCUT2D eigenvalue weighted by molar-refractivity contribution is 0.381. The van der Waals surface area contributed by atoms with Crippen LogP contribution in [-0.4, -0.2) is 27.2 Å². The minimum atomic E-state index is -0.379. The highest BCUT2D eigenvalue weighted by Gasteiger charge is 2.16. The fourth-order valence-electron chi connectivity index (χ4n) is 1.23. The van der Waals surface area contributed by atoms with Gasteiger partial charge < -0.3 is 14.2 Å². The third-order valence-corrected chi connectivity index (χ3v) is 2.00. The first-order chi connectivity index (χ1) is 7.76. The standard InChI is InChI=1S/C9H10N4O3/c1-3-5-12-8(13-16-5)6-7(15-2)9(14)11-4-10-6/h4H,3H2,1-2H3,(H,10,11,14). The zero-order chi connectivity index (χ0) is 11.5. The lowest BCUT2D eigenvalue weighted by atomic mass is 10.3. The van der Waals surface area contributed by atoms with Crippen LogP contribution in [-0.2, 0) is 6.42 Å². The Morgan fingerprint density at radius 2 is 2.38 bits per heavy atom. The van der Waals surface area contributed by atoms with E-state index in [1.165, 1.54) is 13.4 Å². The first-order valence-corrected chi connectivity index (χ1v) is 4.71. The van der Waals surface area contributed by atoms with Gasteiger partial charge in [0.25, 0.3) is 5.56 Å². The van der Waals surface area contributed by atoms with Crippen LogP contribution in [0.1, 0.15) is 12.8 Å². The zero-order valence-corrected chi connectivity index (χ0v) is 8.85. The smallest absolute Gasteiger partial charge is 0.293 e. The van der Waals surface area contributed by atoms with Gasteiger partial charge in [-0.05, 0) is 0 Å². The number of H-pyrrole nitrogens is 1. The molecule has 7 heteroatoms. The van der Waals surface area contributed by atoms with Gasteiger partial charge in [0.15, 0.2) is 5.69 Å². The molecule has 0 atom stereocenters. The second-order valence-corrected chi connectivity index (χ2v) is 2.98. The summed E-state index contributed by atoms with van der Waals surface area (Å²) in [5.41, 5.74) is -0.106. The minimum absolute atomic E-state index is 0.0750. The second-order valence-electron chi connectivity index (χ2n) is 2.98. The van der Waals surface area contributed by atoms with Crippen molar-refractivity contribution in [2.45, 2.75) is 13.3 Å². The molecule has 0 radical (unpaired) electrons. The van der Waals surface area contributed by atoms with Gasteiger partial charge in [-0.25, -0.2) is 4.98 Å². The van der Waals surface area contributed by atoms with Crippen LogP contribution in [0.4, 0.5) is 0 Å². The van der Waals surface area contributed by atoms with Crippen molar-refractivity contribution in [3.8, 4) is 17.3 Å². The quantitative estimate of drug-likeness (QED) is 0.807. The first-order valence-electron chi connectivity index (χ1n) is 4.71. The van der Waals surface area contributed by atoms with Gasteiger partial charge in [-0.3, -0.25) is 4.79 Å². The van der Waals surface area contributed by atoms with Gasteiger partial charge in [-0.2, -0.15) is 4.98 Å². The van der Waals surface area contributed by atoms with Gasteiger partial charge in [0.05, 0.1) is 13.4 Å². The molecule has 0 aromatic carbocycles. The predicted molar refractivity (Wildman–Crippen MR) is 54.1 cm³/mol. The molecule has 0 amide bonds. The van der Waals surface area contributed by atoms with Gasteiger partial charge in [0.1, 0.15) is 0 Å². The van der Waals surface area contributed by atoms with Gasteiger partial charge >= 0.3 is 0 Å². The van der Waals surface area contributed by atoms with Crippen LogP contribution in [0, 0.1) is 0 Å². The topological polar surface area (TPSA) is 93.9 Å². The summed E-state index contributed by atoms with van der Waals surface area (Å²) in [6.45, 7) is 1.89. The maximum Gasteiger partial charge on any atom is 0.293 e. The highest BCUT2D eigenvalue weighted by atomic mass is 16.5. The van der Waals surface area contributed by atoms with Crippen LogP contribution >= 0.6 is 0 Å².